The molecule has 1 aliphatic carbocycles. The standard InChI is InChI=1S/C9H16N2O3/c1-14-7(12)3-6-11-8(13)9(10)4-2-5-9/h2-6,10H2,1H3,(H,11,13). The second-order valence-corrected chi connectivity index (χ2v) is 3.59. The van der Waals surface area contributed by atoms with E-state index in [1.807, 2.05) is 0 Å². The van der Waals surface area contributed by atoms with Crippen molar-refractivity contribution in [3.63, 3.8) is 0 Å². The van der Waals surface area contributed by atoms with Crippen LogP contribution in [0.1, 0.15) is 25.7 Å². The van der Waals surface area contributed by atoms with Gasteiger partial charge in [-0.1, -0.05) is 0 Å². The molecule has 1 amide bonds. The molecule has 0 aliphatic heterocycles. The first-order valence-electron chi connectivity index (χ1n) is 4.72. The Labute approximate surface area is 83.0 Å². The highest BCUT2D eigenvalue weighted by atomic mass is 16.5. The molecule has 0 heterocycles. The number of carbonyl (C=O) groups is 2. The molecule has 0 radical (unpaired) electrons. The molecule has 0 saturated heterocycles. The Morgan fingerprint density at radius 3 is 2.57 bits per heavy atom. The molecule has 1 aliphatic rings. The largest absolute Gasteiger partial charge is 0.469 e. The van der Waals surface area contributed by atoms with Gasteiger partial charge in [-0.2, -0.15) is 0 Å². The van der Waals surface area contributed by atoms with Crippen LogP contribution in [0.15, 0.2) is 0 Å². The fourth-order valence-electron chi connectivity index (χ4n) is 1.34. The van der Waals surface area contributed by atoms with E-state index in [-0.39, 0.29) is 18.3 Å². The molecule has 0 spiro atoms. The SMILES string of the molecule is COC(=O)CCNC(=O)C1(N)CCC1. The maximum atomic E-state index is 11.4. The van der Waals surface area contributed by atoms with Gasteiger partial charge in [-0.05, 0) is 19.3 Å². The van der Waals surface area contributed by atoms with Crippen LogP contribution in [-0.4, -0.2) is 31.1 Å². The van der Waals surface area contributed by atoms with Gasteiger partial charge in [-0.25, -0.2) is 0 Å². The second kappa shape index (κ2) is 4.41. The Hall–Kier alpha value is -1.10. The van der Waals surface area contributed by atoms with E-state index in [1.165, 1.54) is 7.11 Å². The van der Waals surface area contributed by atoms with Gasteiger partial charge in [0.1, 0.15) is 0 Å². The average molecular weight is 200 g/mol. The first kappa shape index (κ1) is 11.0. The van der Waals surface area contributed by atoms with Gasteiger partial charge < -0.3 is 15.8 Å². The summed E-state index contributed by atoms with van der Waals surface area (Å²) < 4.78 is 4.44. The summed E-state index contributed by atoms with van der Waals surface area (Å²) in [5.74, 6) is -0.488. The number of esters is 1. The van der Waals surface area contributed by atoms with Gasteiger partial charge in [0, 0.05) is 6.54 Å². The average Bonchev–Trinajstić information content (AvgIpc) is 2.13. The first-order chi connectivity index (χ1) is 6.58. The third kappa shape index (κ3) is 2.45. The van der Waals surface area contributed by atoms with Crippen molar-refractivity contribution in [2.45, 2.75) is 31.2 Å². The molecule has 80 valence electrons. The number of ether oxygens (including phenoxy) is 1. The number of methoxy groups -OCH3 is 1. The predicted molar refractivity (Wildman–Crippen MR) is 50.4 cm³/mol. The number of amides is 1. The Morgan fingerprint density at radius 1 is 1.50 bits per heavy atom. The van der Waals surface area contributed by atoms with Gasteiger partial charge in [0.2, 0.25) is 5.91 Å². The summed E-state index contributed by atoms with van der Waals surface area (Å²) in [6.07, 6.45) is 2.66. The Balaban J connectivity index is 2.18. The molecule has 0 atom stereocenters. The number of nitrogens with two attached hydrogens (primary N) is 1. The van der Waals surface area contributed by atoms with Gasteiger partial charge >= 0.3 is 5.97 Å². The van der Waals surface area contributed by atoms with Crippen molar-refractivity contribution in [1.29, 1.82) is 0 Å². The summed E-state index contributed by atoms with van der Waals surface area (Å²) in [7, 11) is 1.32. The molecular formula is C9H16N2O3. The molecule has 1 saturated carbocycles. The van der Waals surface area contributed by atoms with Crippen molar-refractivity contribution >= 4 is 11.9 Å². The zero-order chi connectivity index (χ0) is 10.6. The summed E-state index contributed by atoms with van der Waals surface area (Å²) in [5.41, 5.74) is 5.08. The van der Waals surface area contributed by atoms with Crippen LogP contribution in [0.3, 0.4) is 0 Å². The lowest BCUT2D eigenvalue weighted by Gasteiger charge is -2.36. The van der Waals surface area contributed by atoms with Gasteiger partial charge in [-0.3, -0.25) is 9.59 Å². The fraction of sp³-hybridized carbons (Fsp3) is 0.778. The molecule has 0 aromatic rings. The van der Waals surface area contributed by atoms with Crippen LogP contribution < -0.4 is 11.1 Å². The maximum absolute atomic E-state index is 11.4. The first-order valence-corrected chi connectivity index (χ1v) is 4.72. The normalized spacial score (nSPS) is 18.1. The summed E-state index contributed by atoms with van der Waals surface area (Å²) in [5, 5.41) is 2.63. The van der Waals surface area contributed by atoms with Crippen LogP contribution in [0.25, 0.3) is 0 Å². The van der Waals surface area contributed by atoms with E-state index >= 15 is 0 Å². The molecular weight excluding hydrogens is 184 g/mol. The monoisotopic (exact) mass is 200 g/mol. The minimum Gasteiger partial charge on any atom is -0.469 e. The Bertz CT molecular complexity index is 236. The van der Waals surface area contributed by atoms with E-state index in [1.54, 1.807) is 0 Å². The van der Waals surface area contributed by atoms with Crippen molar-refractivity contribution in [3.05, 3.63) is 0 Å². The molecule has 0 unspecified atom stereocenters. The van der Waals surface area contributed by atoms with Gasteiger partial charge in [-0.15, -0.1) is 0 Å². The third-order valence-electron chi connectivity index (χ3n) is 2.54. The Kier molecular flexibility index (Phi) is 3.46. The molecule has 5 nitrogen and oxygen atoms in total. The van der Waals surface area contributed by atoms with Crippen LogP contribution >= 0.6 is 0 Å². The van der Waals surface area contributed by atoms with Gasteiger partial charge in [0.15, 0.2) is 0 Å². The zero-order valence-electron chi connectivity index (χ0n) is 8.34. The van der Waals surface area contributed by atoms with E-state index in [9.17, 15) is 9.59 Å². The van der Waals surface area contributed by atoms with Gasteiger partial charge in [0.25, 0.3) is 0 Å². The van der Waals surface area contributed by atoms with Crippen molar-refractivity contribution in [2.24, 2.45) is 5.73 Å². The molecule has 5 heteroatoms. The molecule has 0 aromatic carbocycles. The number of hydrogen-bond donors (Lipinski definition) is 2. The number of nitrogens with one attached hydrogen (secondary N) is 1. The number of hydrogen-bond acceptors (Lipinski definition) is 4. The smallest absolute Gasteiger partial charge is 0.307 e. The maximum Gasteiger partial charge on any atom is 0.307 e. The van der Waals surface area contributed by atoms with E-state index in [2.05, 4.69) is 10.1 Å². The highest BCUT2D eigenvalue weighted by Gasteiger charge is 2.39. The van der Waals surface area contributed by atoms with Crippen LogP contribution in [0.2, 0.25) is 0 Å². The zero-order valence-corrected chi connectivity index (χ0v) is 8.34. The number of rotatable bonds is 4. The fourth-order valence-corrected chi connectivity index (χ4v) is 1.34. The highest BCUT2D eigenvalue weighted by molar-refractivity contribution is 5.87. The van der Waals surface area contributed by atoms with Crippen LogP contribution in [0.4, 0.5) is 0 Å². The number of carbonyl (C=O) groups excluding carboxylic acids is 2. The van der Waals surface area contributed by atoms with Crippen molar-refractivity contribution in [2.75, 3.05) is 13.7 Å². The van der Waals surface area contributed by atoms with E-state index < -0.39 is 5.54 Å². The molecule has 0 aromatic heterocycles. The quantitative estimate of drug-likeness (QED) is 0.602. The lowest BCUT2D eigenvalue weighted by molar-refractivity contribution is -0.140. The van der Waals surface area contributed by atoms with E-state index in [0.717, 1.165) is 19.3 Å². The highest BCUT2D eigenvalue weighted by Crippen LogP contribution is 2.28. The summed E-state index contributed by atoms with van der Waals surface area (Å²) >= 11 is 0. The molecule has 3 N–H and O–H groups in total. The minimum absolute atomic E-state index is 0.160. The second-order valence-electron chi connectivity index (χ2n) is 3.59. The lowest BCUT2D eigenvalue weighted by atomic mass is 9.77. The lowest BCUT2D eigenvalue weighted by Crippen LogP contribution is -2.58. The minimum atomic E-state index is -0.684. The predicted octanol–water partition coefficient (Wildman–Crippen LogP) is -0.453. The van der Waals surface area contributed by atoms with Crippen molar-refractivity contribution in [1.82, 2.24) is 5.32 Å². The summed E-state index contributed by atoms with van der Waals surface area (Å²) in [6, 6.07) is 0. The third-order valence-corrected chi connectivity index (χ3v) is 2.54. The van der Waals surface area contributed by atoms with Gasteiger partial charge in [0.05, 0.1) is 19.1 Å². The van der Waals surface area contributed by atoms with Crippen molar-refractivity contribution < 1.29 is 14.3 Å². The van der Waals surface area contributed by atoms with E-state index in [4.69, 9.17) is 5.73 Å². The molecule has 1 fully saturated rings. The molecule has 14 heavy (non-hydrogen) atoms. The van der Waals surface area contributed by atoms with E-state index in [0.29, 0.717) is 6.54 Å². The van der Waals surface area contributed by atoms with Crippen molar-refractivity contribution in [3.8, 4) is 0 Å². The van der Waals surface area contributed by atoms with Crippen LogP contribution in [0, 0.1) is 0 Å². The molecule has 1 rings (SSSR count). The summed E-state index contributed by atoms with van der Waals surface area (Å²) in [6.45, 7) is 0.296. The molecule has 0 bridgehead atoms. The van der Waals surface area contributed by atoms with Crippen LogP contribution in [0.5, 0.6) is 0 Å². The topological polar surface area (TPSA) is 81.4 Å². The summed E-state index contributed by atoms with van der Waals surface area (Å²) in [4.78, 5) is 22.2. The Morgan fingerprint density at radius 2 is 2.14 bits per heavy atom. The van der Waals surface area contributed by atoms with Crippen LogP contribution in [-0.2, 0) is 14.3 Å².